The maximum Gasteiger partial charge on any atom is 0.213 e. The Kier molecular flexibility index (Phi) is 9.31. The van der Waals surface area contributed by atoms with E-state index in [1.165, 1.54) is 23.6 Å². The maximum absolute atomic E-state index is 11.7. The molecule has 2 unspecified atom stereocenters. The molecule has 0 saturated heterocycles. The molecule has 1 aliphatic carbocycles. The van der Waals surface area contributed by atoms with Crippen LogP contribution in [-0.2, 0) is 10.0 Å². The highest BCUT2D eigenvalue weighted by Gasteiger charge is 2.24. The summed E-state index contributed by atoms with van der Waals surface area (Å²) in [6, 6.07) is 0.494. The van der Waals surface area contributed by atoms with Crippen molar-refractivity contribution in [2.24, 2.45) is 4.99 Å². The number of hydrogen-bond donors (Lipinski definition) is 2. The minimum absolute atomic E-state index is 0.148. The van der Waals surface area contributed by atoms with Crippen LogP contribution in [0, 0.1) is 0 Å². The van der Waals surface area contributed by atoms with E-state index < -0.39 is 10.0 Å². The summed E-state index contributed by atoms with van der Waals surface area (Å²) < 4.78 is 24.8. The van der Waals surface area contributed by atoms with Crippen LogP contribution in [0.4, 0.5) is 0 Å². The Balaban J connectivity index is 2.40. The largest absolute Gasteiger partial charge is 0.357 e. The predicted octanol–water partition coefficient (Wildman–Crippen LogP) is 1.50. The number of rotatable bonds is 9. The van der Waals surface area contributed by atoms with Crippen LogP contribution in [0.1, 0.15) is 39.5 Å². The summed E-state index contributed by atoms with van der Waals surface area (Å²) in [5.41, 5.74) is 0. The van der Waals surface area contributed by atoms with E-state index in [1.54, 1.807) is 14.0 Å². The van der Waals surface area contributed by atoms with Crippen molar-refractivity contribution in [2.45, 2.75) is 50.8 Å². The SMILES string of the molecule is CCNC(=NCCCN(C)S(=O)(=O)CC)NC1CCC(SC)C1. The Morgan fingerprint density at radius 3 is 2.65 bits per heavy atom. The van der Waals surface area contributed by atoms with Crippen LogP contribution in [0.2, 0.25) is 0 Å². The fraction of sp³-hybridized carbons (Fsp3) is 0.933. The van der Waals surface area contributed by atoms with Crippen molar-refractivity contribution in [3.05, 3.63) is 0 Å². The molecule has 2 N–H and O–H groups in total. The van der Waals surface area contributed by atoms with E-state index >= 15 is 0 Å². The fourth-order valence-corrected chi connectivity index (χ4v) is 4.29. The molecule has 1 fully saturated rings. The van der Waals surface area contributed by atoms with Crippen LogP contribution >= 0.6 is 11.8 Å². The molecule has 0 aromatic carbocycles. The standard InChI is InChI=1S/C15H32N4O2S2/c1-5-16-15(18-13-8-9-14(12-13)22-4)17-10-7-11-19(3)23(20,21)6-2/h13-14H,5-12H2,1-4H3,(H2,16,17,18). The van der Waals surface area contributed by atoms with Crippen molar-refractivity contribution >= 4 is 27.7 Å². The van der Waals surface area contributed by atoms with E-state index in [2.05, 4.69) is 28.8 Å². The zero-order valence-corrected chi connectivity index (χ0v) is 16.5. The number of guanidine groups is 1. The van der Waals surface area contributed by atoms with Crippen molar-refractivity contribution in [1.29, 1.82) is 0 Å². The monoisotopic (exact) mass is 364 g/mol. The molecular weight excluding hydrogens is 332 g/mol. The third-order valence-electron chi connectivity index (χ3n) is 4.14. The van der Waals surface area contributed by atoms with Crippen molar-refractivity contribution in [3.8, 4) is 0 Å². The minimum Gasteiger partial charge on any atom is -0.357 e. The lowest BCUT2D eigenvalue weighted by molar-refractivity contribution is 0.464. The third kappa shape index (κ3) is 7.30. The molecule has 0 aromatic rings. The van der Waals surface area contributed by atoms with Gasteiger partial charge in [-0.3, -0.25) is 4.99 Å². The van der Waals surface area contributed by atoms with Crippen LogP contribution in [0.25, 0.3) is 0 Å². The van der Waals surface area contributed by atoms with E-state index in [1.807, 2.05) is 11.8 Å². The minimum atomic E-state index is -3.09. The predicted molar refractivity (Wildman–Crippen MR) is 101 cm³/mol. The number of aliphatic imine (C=N–C) groups is 1. The number of nitrogens with zero attached hydrogens (tertiary/aromatic N) is 2. The number of hydrogen-bond acceptors (Lipinski definition) is 4. The van der Waals surface area contributed by atoms with Crippen molar-refractivity contribution in [3.63, 3.8) is 0 Å². The van der Waals surface area contributed by atoms with Crippen molar-refractivity contribution in [2.75, 3.05) is 38.7 Å². The first-order valence-electron chi connectivity index (χ1n) is 8.44. The molecule has 23 heavy (non-hydrogen) atoms. The Labute approximate surface area is 145 Å². The quantitative estimate of drug-likeness (QED) is 0.368. The van der Waals surface area contributed by atoms with Crippen LogP contribution in [0.15, 0.2) is 4.99 Å². The molecule has 0 aliphatic heterocycles. The molecule has 0 spiro atoms. The number of sulfonamides is 1. The molecule has 1 aliphatic rings. The highest BCUT2D eigenvalue weighted by atomic mass is 32.2. The van der Waals surface area contributed by atoms with Gasteiger partial charge >= 0.3 is 0 Å². The van der Waals surface area contributed by atoms with Crippen LogP contribution in [0.3, 0.4) is 0 Å². The second kappa shape index (κ2) is 10.4. The average molecular weight is 365 g/mol. The topological polar surface area (TPSA) is 73.8 Å². The molecule has 0 radical (unpaired) electrons. The molecule has 2 atom stereocenters. The summed E-state index contributed by atoms with van der Waals surface area (Å²) >= 11 is 1.94. The summed E-state index contributed by atoms with van der Waals surface area (Å²) in [7, 11) is -1.45. The molecule has 0 amide bonds. The van der Waals surface area contributed by atoms with Crippen molar-refractivity contribution < 1.29 is 8.42 Å². The van der Waals surface area contributed by atoms with Gasteiger partial charge in [-0.25, -0.2) is 12.7 Å². The first-order valence-corrected chi connectivity index (χ1v) is 11.3. The van der Waals surface area contributed by atoms with E-state index in [0.29, 0.717) is 19.1 Å². The number of thioether (sulfide) groups is 1. The molecule has 136 valence electrons. The van der Waals surface area contributed by atoms with Gasteiger partial charge in [0.05, 0.1) is 5.75 Å². The summed E-state index contributed by atoms with van der Waals surface area (Å²) in [6.07, 6.45) is 6.53. The second-order valence-corrected chi connectivity index (χ2v) is 9.35. The number of nitrogens with one attached hydrogen (secondary N) is 2. The summed E-state index contributed by atoms with van der Waals surface area (Å²) in [5, 5.41) is 7.53. The van der Waals surface area contributed by atoms with Gasteiger partial charge in [0.25, 0.3) is 0 Å². The normalized spacial score (nSPS) is 22.6. The van der Waals surface area contributed by atoms with E-state index in [-0.39, 0.29) is 5.75 Å². The van der Waals surface area contributed by atoms with Crippen LogP contribution in [0.5, 0.6) is 0 Å². The van der Waals surface area contributed by atoms with Gasteiger partial charge in [0, 0.05) is 38.0 Å². The highest BCUT2D eigenvalue weighted by Crippen LogP contribution is 2.27. The first kappa shape index (κ1) is 20.6. The van der Waals surface area contributed by atoms with Gasteiger partial charge in [0.2, 0.25) is 10.0 Å². The zero-order valence-electron chi connectivity index (χ0n) is 14.8. The van der Waals surface area contributed by atoms with Gasteiger partial charge in [0.1, 0.15) is 0 Å². The van der Waals surface area contributed by atoms with Gasteiger partial charge in [0.15, 0.2) is 5.96 Å². The smallest absolute Gasteiger partial charge is 0.213 e. The molecular formula is C15H32N4O2S2. The molecule has 0 heterocycles. The molecule has 6 nitrogen and oxygen atoms in total. The third-order valence-corrected chi connectivity index (χ3v) is 7.10. The van der Waals surface area contributed by atoms with Gasteiger partial charge in [-0.1, -0.05) is 0 Å². The Hall–Kier alpha value is -0.470. The van der Waals surface area contributed by atoms with Crippen LogP contribution in [-0.4, -0.2) is 68.7 Å². The maximum atomic E-state index is 11.7. The fourth-order valence-electron chi connectivity index (χ4n) is 2.64. The zero-order chi connectivity index (χ0) is 17.3. The average Bonchev–Trinajstić information content (AvgIpc) is 2.98. The lowest BCUT2D eigenvalue weighted by atomic mass is 10.2. The molecule has 1 saturated carbocycles. The Morgan fingerprint density at radius 2 is 2.09 bits per heavy atom. The Bertz CT molecular complexity index is 468. The van der Waals surface area contributed by atoms with Gasteiger partial charge < -0.3 is 10.6 Å². The first-order chi connectivity index (χ1) is 10.9. The lowest BCUT2D eigenvalue weighted by Crippen LogP contribution is -2.42. The van der Waals surface area contributed by atoms with E-state index in [4.69, 9.17) is 0 Å². The van der Waals surface area contributed by atoms with Crippen molar-refractivity contribution in [1.82, 2.24) is 14.9 Å². The van der Waals surface area contributed by atoms with Crippen LogP contribution < -0.4 is 10.6 Å². The van der Waals surface area contributed by atoms with Gasteiger partial charge in [-0.2, -0.15) is 11.8 Å². The van der Waals surface area contributed by atoms with E-state index in [9.17, 15) is 8.42 Å². The van der Waals surface area contributed by atoms with E-state index in [0.717, 1.165) is 24.2 Å². The molecule has 0 bridgehead atoms. The lowest BCUT2D eigenvalue weighted by Gasteiger charge is -2.18. The summed E-state index contributed by atoms with van der Waals surface area (Å²) in [5.74, 6) is 0.996. The van der Waals surface area contributed by atoms with Gasteiger partial charge in [-0.05, 0) is 45.8 Å². The highest BCUT2D eigenvalue weighted by molar-refractivity contribution is 7.99. The Morgan fingerprint density at radius 1 is 1.35 bits per heavy atom. The molecule has 8 heteroatoms. The second-order valence-electron chi connectivity index (χ2n) is 5.85. The summed E-state index contributed by atoms with van der Waals surface area (Å²) in [6.45, 7) is 5.68. The van der Waals surface area contributed by atoms with Gasteiger partial charge in [-0.15, -0.1) is 0 Å². The molecule has 0 aromatic heterocycles. The molecule has 1 rings (SSSR count). The summed E-state index contributed by atoms with van der Waals surface area (Å²) in [4.78, 5) is 4.57.